The summed E-state index contributed by atoms with van der Waals surface area (Å²) >= 11 is 6.10. The molecule has 5 nitrogen and oxygen atoms in total. The molecule has 0 bridgehead atoms. The highest BCUT2D eigenvalue weighted by Crippen LogP contribution is 2.26. The highest BCUT2D eigenvalue weighted by Gasteiger charge is 2.17. The van der Waals surface area contributed by atoms with Gasteiger partial charge in [0.2, 0.25) is 0 Å². The van der Waals surface area contributed by atoms with Gasteiger partial charge < -0.3 is 14.0 Å². The van der Waals surface area contributed by atoms with Gasteiger partial charge in [-0.1, -0.05) is 11.6 Å². The van der Waals surface area contributed by atoms with Gasteiger partial charge in [-0.2, -0.15) is 0 Å². The molecular formula is C16H20ClN3O2. The predicted molar refractivity (Wildman–Crippen MR) is 85.2 cm³/mol. The van der Waals surface area contributed by atoms with Gasteiger partial charge in [0.15, 0.2) is 0 Å². The fourth-order valence-electron chi connectivity index (χ4n) is 2.64. The second-order valence-electron chi connectivity index (χ2n) is 5.34. The third-order valence-corrected chi connectivity index (χ3v) is 4.02. The van der Waals surface area contributed by atoms with E-state index >= 15 is 0 Å². The lowest BCUT2D eigenvalue weighted by Gasteiger charge is -2.19. The number of halogens is 1. The smallest absolute Gasteiger partial charge is 0.123 e. The van der Waals surface area contributed by atoms with E-state index in [9.17, 15) is 0 Å². The quantitative estimate of drug-likeness (QED) is 0.848. The van der Waals surface area contributed by atoms with E-state index in [1.807, 2.05) is 30.6 Å². The van der Waals surface area contributed by atoms with Crippen molar-refractivity contribution >= 4 is 11.6 Å². The van der Waals surface area contributed by atoms with Crippen molar-refractivity contribution in [3.05, 3.63) is 47.0 Å². The van der Waals surface area contributed by atoms with Gasteiger partial charge >= 0.3 is 0 Å². The molecule has 0 fully saturated rings. The minimum Gasteiger partial charge on any atom is -0.492 e. The van der Waals surface area contributed by atoms with E-state index in [-0.39, 0.29) is 0 Å². The van der Waals surface area contributed by atoms with Crippen LogP contribution in [0.3, 0.4) is 0 Å². The predicted octanol–water partition coefficient (Wildman–Crippen LogP) is 2.58. The fourth-order valence-corrected chi connectivity index (χ4v) is 2.83. The van der Waals surface area contributed by atoms with Crippen LogP contribution in [0.1, 0.15) is 11.4 Å². The highest BCUT2D eigenvalue weighted by molar-refractivity contribution is 6.30. The molecule has 2 heterocycles. The standard InChI is InChI=1S/C16H20ClN3O2/c1-21-8-7-20-5-4-18-16(20)12-19-6-9-22-15-3-2-14(17)10-13(15)11-19/h2-5,10H,6-9,11-12H2,1H3. The number of hydrogen-bond donors (Lipinski definition) is 0. The number of methoxy groups -OCH3 is 1. The molecule has 0 unspecified atom stereocenters. The van der Waals surface area contributed by atoms with Gasteiger partial charge in [-0.15, -0.1) is 0 Å². The minimum absolute atomic E-state index is 0.674. The SMILES string of the molecule is COCCn1ccnc1CN1CCOc2ccc(Cl)cc2C1. The van der Waals surface area contributed by atoms with Crippen LogP contribution in [0.2, 0.25) is 5.02 Å². The van der Waals surface area contributed by atoms with E-state index in [1.165, 1.54) is 0 Å². The molecular weight excluding hydrogens is 302 g/mol. The van der Waals surface area contributed by atoms with Crippen molar-refractivity contribution in [2.45, 2.75) is 19.6 Å². The molecule has 0 aliphatic carbocycles. The van der Waals surface area contributed by atoms with Crippen molar-refractivity contribution < 1.29 is 9.47 Å². The molecule has 0 saturated carbocycles. The number of imidazole rings is 1. The second-order valence-corrected chi connectivity index (χ2v) is 5.78. The molecule has 2 aromatic rings. The molecule has 1 aliphatic rings. The average molecular weight is 322 g/mol. The molecule has 0 spiro atoms. The molecule has 22 heavy (non-hydrogen) atoms. The van der Waals surface area contributed by atoms with Crippen molar-refractivity contribution in [3.63, 3.8) is 0 Å². The number of ether oxygens (including phenoxy) is 2. The summed E-state index contributed by atoms with van der Waals surface area (Å²) in [5.41, 5.74) is 1.12. The Labute approximate surface area is 135 Å². The summed E-state index contributed by atoms with van der Waals surface area (Å²) in [7, 11) is 1.71. The molecule has 0 N–H and O–H groups in total. The number of aromatic nitrogens is 2. The van der Waals surface area contributed by atoms with E-state index < -0.39 is 0 Å². The molecule has 0 radical (unpaired) electrons. The summed E-state index contributed by atoms with van der Waals surface area (Å²) in [6, 6.07) is 5.79. The zero-order valence-corrected chi connectivity index (χ0v) is 13.4. The molecule has 3 rings (SSSR count). The highest BCUT2D eigenvalue weighted by atomic mass is 35.5. The zero-order valence-electron chi connectivity index (χ0n) is 12.7. The molecule has 118 valence electrons. The molecule has 1 aromatic heterocycles. The van der Waals surface area contributed by atoms with Crippen LogP contribution in [0, 0.1) is 0 Å². The van der Waals surface area contributed by atoms with Gasteiger partial charge in [-0.3, -0.25) is 4.90 Å². The van der Waals surface area contributed by atoms with Crippen LogP contribution in [0.4, 0.5) is 0 Å². The van der Waals surface area contributed by atoms with Crippen molar-refractivity contribution in [3.8, 4) is 5.75 Å². The Morgan fingerprint density at radius 3 is 3.18 bits per heavy atom. The Hall–Kier alpha value is -1.56. The third kappa shape index (κ3) is 3.61. The third-order valence-electron chi connectivity index (χ3n) is 3.78. The molecule has 6 heteroatoms. The van der Waals surface area contributed by atoms with E-state index in [0.717, 1.165) is 48.3 Å². The van der Waals surface area contributed by atoms with Crippen LogP contribution in [-0.2, 0) is 24.4 Å². The van der Waals surface area contributed by atoms with Crippen LogP contribution in [-0.4, -0.2) is 41.3 Å². The van der Waals surface area contributed by atoms with Crippen molar-refractivity contribution in [2.75, 3.05) is 26.9 Å². The zero-order chi connectivity index (χ0) is 15.4. The first-order chi connectivity index (χ1) is 10.8. The Bertz CT molecular complexity index is 630. The largest absolute Gasteiger partial charge is 0.492 e. The second kappa shape index (κ2) is 7.13. The molecule has 0 atom stereocenters. The van der Waals surface area contributed by atoms with Crippen LogP contribution in [0.5, 0.6) is 5.75 Å². The van der Waals surface area contributed by atoms with Gasteiger partial charge in [0.05, 0.1) is 13.2 Å². The van der Waals surface area contributed by atoms with E-state index in [1.54, 1.807) is 7.11 Å². The first-order valence-electron chi connectivity index (χ1n) is 7.39. The maximum atomic E-state index is 6.10. The summed E-state index contributed by atoms with van der Waals surface area (Å²) in [5.74, 6) is 1.97. The number of hydrogen-bond acceptors (Lipinski definition) is 4. The lowest BCUT2D eigenvalue weighted by molar-refractivity contribution is 0.181. The maximum absolute atomic E-state index is 6.10. The summed E-state index contributed by atoms with van der Waals surface area (Å²) in [6.45, 7) is 4.64. The fraction of sp³-hybridized carbons (Fsp3) is 0.438. The van der Waals surface area contributed by atoms with Crippen LogP contribution >= 0.6 is 11.6 Å². The number of rotatable bonds is 5. The normalized spacial score (nSPS) is 15.2. The van der Waals surface area contributed by atoms with E-state index in [4.69, 9.17) is 21.1 Å². The summed E-state index contributed by atoms with van der Waals surface area (Å²) in [4.78, 5) is 6.79. The molecule has 0 amide bonds. The maximum Gasteiger partial charge on any atom is 0.123 e. The summed E-state index contributed by atoms with van der Waals surface area (Å²) in [6.07, 6.45) is 3.83. The monoisotopic (exact) mass is 321 g/mol. The molecule has 1 aliphatic heterocycles. The van der Waals surface area contributed by atoms with Crippen LogP contribution < -0.4 is 4.74 Å². The van der Waals surface area contributed by atoms with Gasteiger partial charge in [0, 0.05) is 49.7 Å². The first-order valence-corrected chi connectivity index (χ1v) is 7.76. The lowest BCUT2D eigenvalue weighted by atomic mass is 10.2. The average Bonchev–Trinajstić information content (AvgIpc) is 2.84. The van der Waals surface area contributed by atoms with E-state index in [2.05, 4.69) is 14.5 Å². The molecule has 0 saturated heterocycles. The Kier molecular flexibility index (Phi) is 4.97. The minimum atomic E-state index is 0.674. The van der Waals surface area contributed by atoms with Crippen molar-refractivity contribution in [1.82, 2.24) is 14.5 Å². The Morgan fingerprint density at radius 1 is 1.41 bits per heavy atom. The van der Waals surface area contributed by atoms with Crippen molar-refractivity contribution in [2.24, 2.45) is 0 Å². The number of fused-ring (bicyclic) bond motifs is 1. The first kappa shape index (κ1) is 15.3. The van der Waals surface area contributed by atoms with Gasteiger partial charge in [0.25, 0.3) is 0 Å². The van der Waals surface area contributed by atoms with Gasteiger partial charge in [0.1, 0.15) is 18.2 Å². The summed E-state index contributed by atoms with van der Waals surface area (Å²) in [5, 5.41) is 0.741. The van der Waals surface area contributed by atoms with Gasteiger partial charge in [-0.05, 0) is 18.2 Å². The molecule has 1 aromatic carbocycles. The topological polar surface area (TPSA) is 39.5 Å². The van der Waals surface area contributed by atoms with Crippen LogP contribution in [0.25, 0.3) is 0 Å². The Morgan fingerprint density at radius 2 is 2.32 bits per heavy atom. The number of nitrogens with zero attached hydrogens (tertiary/aromatic N) is 3. The summed E-state index contributed by atoms with van der Waals surface area (Å²) < 4.78 is 13.1. The number of benzene rings is 1. The van der Waals surface area contributed by atoms with E-state index in [0.29, 0.717) is 13.2 Å². The van der Waals surface area contributed by atoms with Gasteiger partial charge in [-0.25, -0.2) is 4.98 Å². The lowest BCUT2D eigenvalue weighted by Crippen LogP contribution is -2.27. The van der Waals surface area contributed by atoms with Crippen LogP contribution in [0.15, 0.2) is 30.6 Å². The Balaban J connectivity index is 1.72. The van der Waals surface area contributed by atoms with Crippen molar-refractivity contribution in [1.29, 1.82) is 0 Å².